The molecule has 8 nitrogen and oxygen atoms in total. The van der Waals surface area contributed by atoms with E-state index < -0.39 is 40.3 Å². The minimum absolute atomic E-state index is 0.0439. The van der Waals surface area contributed by atoms with Crippen LogP contribution in [0.15, 0.2) is 71.6 Å². The van der Waals surface area contributed by atoms with Gasteiger partial charge in [0.1, 0.15) is 0 Å². The van der Waals surface area contributed by atoms with Gasteiger partial charge in [-0.25, -0.2) is 12.8 Å². The first-order chi connectivity index (χ1) is 15.2. The fraction of sp³-hybridized carbons (Fsp3) is 0.182. The zero-order valence-corrected chi connectivity index (χ0v) is 18.2. The first kappa shape index (κ1) is 23.2. The average Bonchev–Trinajstić information content (AvgIpc) is 2.78. The Hall–Kier alpha value is -3.50. The van der Waals surface area contributed by atoms with Crippen molar-refractivity contribution in [3.8, 4) is 5.75 Å². The van der Waals surface area contributed by atoms with E-state index in [1.165, 1.54) is 44.3 Å². The molecule has 0 aliphatic carbocycles. The number of benzene rings is 3. The van der Waals surface area contributed by atoms with Crippen molar-refractivity contribution in [1.29, 1.82) is 0 Å². The maximum atomic E-state index is 13.6. The molecule has 0 spiro atoms. The normalized spacial score (nSPS) is 12.4. The lowest BCUT2D eigenvalue weighted by Gasteiger charge is -2.18. The third kappa shape index (κ3) is 5.40. The van der Waals surface area contributed by atoms with Crippen molar-refractivity contribution in [1.82, 2.24) is 15.2 Å². The van der Waals surface area contributed by atoms with Crippen LogP contribution in [0.5, 0.6) is 5.75 Å². The summed E-state index contributed by atoms with van der Waals surface area (Å²) in [6, 6.07) is 17.6. The molecule has 0 fully saturated rings. The Kier molecular flexibility index (Phi) is 7.06. The van der Waals surface area contributed by atoms with E-state index in [9.17, 15) is 22.4 Å². The first-order valence-electron chi connectivity index (χ1n) is 9.63. The van der Waals surface area contributed by atoms with Gasteiger partial charge in [0.05, 0.1) is 11.4 Å². The van der Waals surface area contributed by atoms with E-state index in [-0.39, 0.29) is 10.6 Å². The lowest BCUT2D eigenvalue weighted by molar-refractivity contribution is -0.132. The number of hydrogen-bond acceptors (Lipinski definition) is 5. The molecule has 168 valence electrons. The predicted octanol–water partition coefficient (Wildman–Crippen LogP) is 2.21. The third-order valence-corrected chi connectivity index (χ3v) is 6.43. The van der Waals surface area contributed by atoms with Crippen molar-refractivity contribution in [3.05, 3.63) is 72.5 Å². The summed E-state index contributed by atoms with van der Waals surface area (Å²) in [6.45, 7) is 0.849. The summed E-state index contributed by atoms with van der Waals surface area (Å²) in [5.74, 6) is -2.23. The quantitative estimate of drug-likeness (QED) is 0.527. The number of nitrogens with zero attached hydrogens (tertiary/aromatic N) is 1. The molecule has 0 aromatic heterocycles. The minimum Gasteiger partial charge on any atom is -0.478 e. The summed E-state index contributed by atoms with van der Waals surface area (Å²) in [5.41, 5.74) is 4.26. The first-order valence-corrected chi connectivity index (χ1v) is 11.1. The number of carbonyl (C=O) groups excluding carboxylic acids is 2. The number of nitrogens with one attached hydrogen (secondary N) is 2. The van der Waals surface area contributed by atoms with Crippen LogP contribution in [0.2, 0.25) is 0 Å². The van der Waals surface area contributed by atoms with Gasteiger partial charge >= 0.3 is 0 Å². The van der Waals surface area contributed by atoms with Crippen molar-refractivity contribution in [2.75, 3.05) is 13.6 Å². The van der Waals surface area contributed by atoms with Crippen molar-refractivity contribution in [2.45, 2.75) is 17.9 Å². The summed E-state index contributed by atoms with van der Waals surface area (Å²) < 4.78 is 45.3. The van der Waals surface area contributed by atoms with E-state index in [0.717, 1.165) is 15.1 Å². The van der Waals surface area contributed by atoms with Crippen molar-refractivity contribution in [3.63, 3.8) is 0 Å². The predicted molar refractivity (Wildman–Crippen MR) is 117 cm³/mol. The second-order valence-electron chi connectivity index (χ2n) is 7.00. The number of sulfonamides is 1. The molecule has 2 amide bonds. The van der Waals surface area contributed by atoms with Gasteiger partial charge in [-0.05, 0) is 42.0 Å². The molecule has 3 aromatic rings. The van der Waals surface area contributed by atoms with Crippen LogP contribution in [0.4, 0.5) is 4.39 Å². The summed E-state index contributed by atoms with van der Waals surface area (Å²) in [5, 5.41) is 1.64. The smallest absolute Gasteiger partial charge is 0.279 e. The molecule has 0 radical (unpaired) electrons. The average molecular weight is 459 g/mol. The van der Waals surface area contributed by atoms with Gasteiger partial charge in [0, 0.05) is 7.05 Å². The highest BCUT2D eigenvalue weighted by Gasteiger charge is 2.24. The van der Waals surface area contributed by atoms with Gasteiger partial charge in [-0.2, -0.15) is 4.31 Å². The molecular formula is C22H22FN3O5S. The van der Waals surface area contributed by atoms with E-state index in [1.807, 2.05) is 12.1 Å². The molecule has 0 heterocycles. The highest BCUT2D eigenvalue weighted by molar-refractivity contribution is 7.89. The Balaban J connectivity index is 1.56. The van der Waals surface area contributed by atoms with Gasteiger partial charge in [-0.3, -0.25) is 20.4 Å². The highest BCUT2D eigenvalue weighted by atomic mass is 32.2. The number of para-hydroxylation sites is 1. The fourth-order valence-corrected chi connectivity index (χ4v) is 4.01. The Bertz CT molecular complexity index is 1250. The van der Waals surface area contributed by atoms with Crippen LogP contribution in [0, 0.1) is 5.82 Å². The number of hydrazine groups is 1. The topological polar surface area (TPSA) is 105 Å². The van der Waals surface area contributed by atoms with Crippen molar-refractivity contribution < 1.29 is 27.1 Å². The van der Waals surface area contributed by atoms with Crippen LogP contribution in [0.25, 0.3) is 10.8 Å². The monoisotopic (exact) mass is 459 g/mol. The largest absolute Gasteiger partial charge is 0.478 e. The second-order valence-corrected chi connectivity index (χ2v) is 9.04. The Morgan fingerprint density at radius 3 is 2.38 bits per heavy atom. The molecule has 0 saturated heterocycles. The number of hydrogen-bond donors (Lipinski definition) is 2. The molecule has 0 aliphatic heterocycles. The molecule has 3 aromatic carbocycles. The molecular weight excluding hydrogens is 437 g/mol. The zero-order valence-electron chi connectivity index (χ0n) is 17.4. The van der Waals surface area contributed by atoms with Gasteiger partial charge in [0.2, 0.25) is 10.0 Å². The van der Waals surface area contributed by atoms with Crippen molar-refractivity contribution in [2.24, 2.45) is 0 Å². The van der Waals surface area contributed by atoms with E-state index in [0.29, 0.717) is 0 Å². The summed E-state index contributed by atoms with van der Waals surface area (Å²) in [7, 11) is -2.67. The van der Waals surface area contributed by atoms with Gasteiger partial charge in [0.15, 0.2) is 17.7 Å². The zero-order chi connectivity index (χ0) is 23.3. The number of halogens is 1. The molecule has 0 saturated carbocycles. The fourth-order valence-electron chi connectivity index (χ4n) is 2.85. The van der Waals surface area contributed by atoms with Crippen LogP contribution < -0.4 is 15.6 Å². The summed E-state index contributed by atoms with van der Waals surface area (Å²) in [6.07, 6.45) is -1.11. The maximum Gasteiger partial charge on any atom is 0.279 e. The molecule has 10 heteroatoms. The molecule has 0 aliphatic rings. The Morgan fingerprint density at radius 2 is 1.66 bits per heavy atom. The number of likely N-dealkylation sites (N-methyl/N-ethyl adjacent to an activating group) is 1. The SMILES string of the molecule is CC(Oc1ccccc1F)C(=O)NNC(=O)CN(C)S(=O)(=O)c1ccc2ccccc2c1. The van der Waals surface area contributed by atoms with Crippen LogP contribution in [-0.4, -0.2) is 44.2 Å². The molecule has 3 rings (SSSR count). The number of amides is 2. The lowest BCUT2D eigenvalue weighted by Crippen LogP contribution is -2.50. The number of ether oxygens (including phenoxy) is 1. The van der Waals surface area contributed by atoms with Crippen LogP contribution >= 0.6 is 0 Å². The van der Waals surface area contributed by atoms with Crippen LogP contribution in [0.1, 0.15) is 6.92 Å². The summed E-state index contributed by atoms with van der Waals surface area (Å²) >= 11 is 0. The van der Waals surface area contributed by atoms with Gasteiger partial charge in [-0.1, -0.05) is 42.5 Å². The van der Waals surface area contributed by atoms with Crippen molar-refractivity contribution >= 4 is 32.6 Å². The molecule has 1 unspecified atom stereocenters. The summed E-state index contributed by atoms with van der Waals surface area (Å²) in [4.78, 5) is 24.3. The Labute approximate surface area is 185 Å². The van der Waals surface area contributed by atoms with Gasteiger partial charge in [0.25, 0.3) is 11.8 Å². The third-order valence-electron chi connectivity index (χ3n) is 4.63. The molecule has 0 bridgehead atoms. The van der Waals surface area contributed by atoms with Gasteiger partial charge in [-0.15, -0.1) is 0 Å². The van der Waals surface area contributed by atoms with Gasteiger partial charge < -0.3 is 4.74 Å². The number of fused-ring (bicyclic) bond motifs is 1. The standard InChI is InChI=1S/C22H22FN3O5S/c1-15(31-20-10-6-5-9-19(20)23)22(28)25-24-21(27)14-26(2)32(29,30)18-12-11-16-7-3-4-8-17(16)13-18/h3-13,15H,14H2,1-2H3,(H,24,27)(H,25,28). The Morgan fingerprint density at radius 1 is 1.00 bits per heavy atom. The second kappa shape index (κ2) is 9.75. The van der Waals surface area contributed by atoms with Crippen LogP contribution in [0.3, 0.4) is 0 Å². The van der Waals surface area contributed by atoms with E-state index in [4.69, 9.17) is 4.74 Å². The number of carbonyl (C=O) groups is 2. The molecule has 2 N–H and O–H groups in total. The maximum absolute atomic E-state index is 13.6. The molecule has 1 atom stereocenters. The van der Waals surface area contributed by atoms with E-state index in [1.54, 1.807) is 24.3 Å². The highest BCUT2D eigenvalue weighted by Crippen LogP contribution is 2.21. The van der Waals surface area contributed by atoms with E-state index >= 15 is 0 Å². The number of rotatable bonds is 7. The molecule has 32 heavy (non-hydrogen) atoms. The van der Waals surface area contributed by atoms with E-state index in [2.05, 4.69) is 10.9 Å². The van der Waals surface area contributed by atoms with Crippen LogP contribution in [-0.2, 0) is 19.6 Å². The minimum atomic E-state index is -3.93. The lowest BCUT2D eigenvalue weighted by atomic mass is 10.1.